The van der Waals surface area contributed by atoms with Crippen molar-refractivity contribution in [1.82, 2.24) is 15.8 Å². The Balaban J connectivity index is 2.07. The molecule has 0 aliphatic rings. The molecule has 8 nitrogen and oxygen atoms in total. The summed E-state index contributed by atoms with van der Waals surface area (Å²) in [7, 11) is 0. The van der Waals surface area contributed by atoms with Crippen molar-refractivity contribution < 1.29 is 14.5 Å². The average Bonchev–Trinajstić information content (AvgIpc) is 2.54. The third-order valence-electron chi connectivity index (χ3n) is 2.64. The molecule has 1 aromatic heterocycles. The van der Waals surface area contributed by atoms with Gasteiger partial charge in [-0.1, -0.05) is 29.3 Å². The fourth-order valence-corrected chi connectivity index (χ4v) is 1.92. The van der Waals surface area contributed by atoms with Gasteiger partial charge < -0.3 is 0 Å². The van der Waals surface area contributed by atoms with Crippen LogP contribution in [0.2, 0.25) is 10.2 Å². The molecule has 2 aromatic rings. The maximum Gasteiger partial charge on any atom is 0.289 e. The predicted octanol–water partition coefficient (Wildman–Crippen LogP) is 2.37. The number of benzene rings is 1. The van der Waals surface area contributed by atoms with E-state index in [9.17, 15) is 19.7 Å². The van der Waals surface area contributed by atoms with Gasteiger partial charge >= 0.3 is 0 Å². The van der Waals surface area contributed by atoms with Crippen molar-refractivity contribution in [2.75, 3.05) is 0 Å². The summed E-state index contributed by atoms with van der Waals surface area (Å²) >= 11 is 11.5. The molecule has 0 aliphatic heterocycles. The van der Waals surface area contributed by atoms with E-state index in [1.165, 1.54) is 30.3 Å². The molecule has 1 aromatic carbocycles. The van der Waals surface area contributed by atoms with Crippen LogP contribution in [-0.4, -0.2) is 21.7 Å². The van der Waals surface area contributed by atoms with E-state index in [1.807, 2.05) is 0 Å². The van der Waals surface area contributed by atoms with Gasteiger partial charge in [-0.05, 0) is 18.2 Å². The maximum absolute atomic E-state index is 11.9. The standard InChI is InChI=1S/C13H8Cl2N4O4/c14-9-4-5-10(15)16-11(9)13(21)18-17-12(20)7-2-1-3-8(6-7)19(22)23/h1-6H,(H,17,20)(H,18,21). The predicted molar refractivity (Wildman–Crippen MR) is 82.3 cm³/mol. The molecule has 2 N–H and O–H groups in total. The number of hydrogen-bond donors (Lipinski definition) is 2. The first-order valence-electron chi connectivity index (χ1n) is 6.05. The SMILES string of the molecule is O=C(NNC(=O)c1nc(Cl)ccc1Cl)c1cccc([N+](=O)[O-])c1. The molecule has 118 valence electrons. The number of nitro groups is 1. The summed E-state index contributed by atoms with van der Waals surface area (Å²) in [6, 6.07) is 7.82. The Kier molecular flexibility index (Phi) is 5.09. The van der Waals surface area contributed by atoms with Crippen LogP contribution in [0.5, 0.6) is 0 Å². The van der Waals surface area contributed by atoms with Crippen LogP contribution in [0.1, 0.15) is 20.8 Å². The number of nitro benzene ring substituents is 1. The number of nitrogens with zero attached hydrogens (tertiary/aromatic N) is 2. The Morgan fingerprint density at radius 3 is 2.48 bits per heavy atom. The summed E-state index contributed by atoms with van der Waals surface area (Å²) in [5.74, 6) is -1.52. The summed E-state index contributed by atoms with van der Waals surface area (Å²) in [5.41, 5.74) is 3.80. The summed E-state index contributed by atoms with van der Waals surface area (Å²) in [6.07, 6.45) is 0. The van der Waals surface area contributed by atoms with Gasteiger partial charge in [0.25, 0.3) is 17.5 Å². The van der Waals surface area contributed by atoms with Gasteiger partial charge in [0.05, 0.1) is 9.95 Å². The molecule has 10 heteroatoms. The van der Waals surface area contributed by atoms with Crippen LogP contribution in [0.15, 0.2) is 36.4 Å². The zero-order valence-corrected chi connectivity index (χ0v) is 12.8. The van der Waals surface area contributed by atoms with E-state index in [-0.39, 0.29) is 27.1 Å². The van der Waals surface area contributed by atoms with E-state index in [1.54, 1.807) is 0 Å². The molecule has 0 saturated heterocycles. The van der Waals surface area contributed by atoms with Crippen LogP contribution in [0.25, 0.3) is 0 Å². The Morgan fingerprint density at radius 1 is 1.09 bits per heavy atom. The summed E-state index contributed by atoms with van der Waals surface area (Å²) < 4.78 is 0. The van der Waals surface area contributed by atoms with Gasteiger partial charge in [0, 0.05) is 17.7 Å². The first-order chi connectivity index (χ1) is 10.9. The Bertz CT molecular complexity index is 797. The zero-order valence-electron chi connectivity index (χ0n) is 11.2. The molecule has 1 heterocycles. The Labute approximate surface area is 139 Å². The second-order valence-electron chi connectivity index (χ2n) is 4.18. The fourth-order valence-electron chi connectivity index (χ4n) is 1.58. The first kappa shape index (κ1) is 16.7. The second kappa shape index (κ2) is 7.03. The zero-order chi connectivity index (χ0) is 17.0. The van der Waals surface area contributed by atoms with Crippen molar-refractivity contribution in [3.63, 3.8) is 0 Å². The lowest BCUT2D eigenvalue weighted by Crippen LogP contribution is -2.42. The van der Waals surface area contributed by atoms with E-state index in [4.69, 9.17) is 23.2 Å². The number of non-ortho nitro benzene ring substituents is 1. The Hall–Kier alpha value is -2.71. The van der Waals surface area contributed by atoms with E-state index in [0.717, 1.165) is 6.07 Å². The molecule has 0 bridgehead atoms. The highest BCUT2D eigenvalue weighted by Gasteiger charge is 2.15. The lowest BCUT2D eigenvalue weighted by molar-refractivity contribution is -0.384. The topological polar surface area (TPSA) is 114 Å². The number of halogens is 2. The van der Waals surface area contributed by atoms with Gasteiger partial charge in [-0.25, -0.2) is 4.98 Å². The third-order valence-corrected chi connectivity index (χ3v) is 3.15. The van der Waals surface area contributed by atoms with Crippen molar-refractivity contribution in [2.45, 2.75) is 0 Å². The number of pyridine rings is 1. The van der Waals surface area contributed by atoms with Crippen molar-refractivity contribution >= 4 is 40.7 Å². The Morgan fingerprint density at radius 2 is 1.78 bits per heavy atom. The molecule has 0 atom stereocenters. The lowest BCUT2D eigenvalue weighted by Gasteiger charge is -2.08. The molecular weight excluding hydrogens is 347 g/mol. The molecule has 0 unspecified atom stereocenters. The highest BCUT2D eigenvalue weighted by molar-refractivity contribution is 6.34. The van der Waals surface area contributed by atoms with Gasteiger partial charge in [0.15, 0.2) is 0 Å². The third kappa shape index (κ3) is 4.15. The minimum Gasteiger partial charge on any atom is -0.267 e. The van der Waals surface area contributed by atoms with Crippen molar-refractivity contribution in [2.24, 2.45) is 0 Å². The second-order valence-corrected chi connectivity index (χ2v) is 4.97. The average molecular weight is 355 g/mol. The lowest BCUT2D eigenvalue weighted by atomic mass is 10.2. The molecule has 0 aliphatic carbocycles. The molecule has 23 heavy (non-hydrogen) atoms. The smallest absolute Gasteiger partial charge is 0.267 e. The van der Waals surface area contributed by atoms with Crippen LogP contribution >= 0.6 is 23.2 Å². The molecule has 0 spiro atoms. The largest absolute Gasteiger partial charge is 0.289 e. The van der Waals surface area contributed by atoms with Crippen LogP contribution < -0.4 is 10.9 Å². The molecule has 2 amide bonds. The van der Waals surface area contributed by atoms with Crippen molar-refractivity contribution in [1.29, 1.82) is 0 Å². The van der Waals surface area contributed by atoms with Crippen LogP contribution in [0.4, 0.5) is 5.69 Å². The molecule has 2 rings (SSSR count). The van der Waals surface area contributed by atoms with Crippen molar-refractivity contribution in [3.05, 3.63) is 67.9 Å². The van der Waals surface area contributed by atoms with E-state index in [0.29, 0.717) is 0 Å². The number of hydrazine groups is 1. The number of carbonyl (C=O) groups is 2. The van der Waals surface area contributed by atoms with Gasteiger partial charge in [-0.2, -0.15) is 0 Å². The van der Waals surface area contributed by atoms with E-state index in [2.05, 4.69) is 15.8 Å². The van der Waals surface area contributed by atoms with Gasteiger partial charge in [-0.3, -0.25) is 30.6 Å². The fraction of sp³-hybridized carbons (Fsp3) is 0. The highest BCUT2D eigenvalue weighted by atomic mass is 35.5. The van der Waals surface area contributed by atoms with Gasteiger partial charge in [0.1, 0.15) is 10.8 Å². The molecule has 0 saturated carbocycles. The van der Waals surface area contributed by atoms with Gasteiger partial charge in [-0.15, -0.1) is 0 Å². The summed E-state index contributed by atoms with van der Waals surface area (Å²) in [6.45, 7) is 0. The summed E-state index contributed by atoms with van der Waals surface area (Å²) in [4.78, 5) is 37.5. The molecule has 0 radical (unpaired) electrons. The normalized spacial score (nSPS) is 10.0. The van der Waals surface area contributed by atoms with Crippen LogP contribution in [-0.2, 0) is 0 Å². The number of amides is 2. The first-order valence-corrected chi connectivity index (χ1v) is 6.81. The maximum atomic E-state index is 11.9. The number of aromatic nitrogens is 1. The summed E-state index contributed by atoms with van der Waals surface area (Å²) in [5, 5.41) is 10.8. The number of hydrogen-bond acceptors (Lipinski definition) is 5. The number of rotatable bonds is 3. The van der Waals surface area contributed by atoms with E-state index < -0.39 is 16.7 Å². The van der Waals surface area contributed by atoms with Gasteiger partial charge in [0.2, 0.25) is 0 Å². The van der Waals surface area contributed by atoms with E-state index >= 15 is 0 Å². The number of carbonyl (C=O) groups excluding carboxylic acids is 2. The monoisotopic (exact) mass is 354 g/mol. The number of nitrogens with one attached hydrogen (secondary N) is 2. The van der Waals surface area contributed by atoms with Crippen LogP contribution in [0.3, 0.4) is 0 Å². The highest BCUT2D eigenvalue weighted by Crippen LogP contribution is 2.16. The molecular formula is C13H8Cl2N4O4. The molecule has 0 fully saturated rings. The van der Waals surface area contributed by atoms with Crippen LogP contribution in [0, 0.1) is 10.1 Å². The quantitative estimate of drug-likeness (QED) is 0.498. The minimum absolute atomic E-state index is 0.00431. The van der Waals surface area contributed by atoms with Crippen molar-refractivity contribution in [3.8, 4) is 0 Å². The minimum atomic E-state index is -0.781.